The minimum Gasteiger partial charge on any atom is -0.303 e. The molecule has 2 aromatic carbocycles. The van der Waals surface area contributed by atoms with E-state index in [1.54, 1.807) is 0 Å². The SMILES string of the molecule is CC(C)N1CCc2ccc(C(=O)CCCN3CCC(c4ccc(Cl)cc4)CC3)cc2CC1. The smallest absolute Gasteiger partial charge is 0.162 e. The van der Waals surface area contributed by atoms with Crippen LogP contribution in [0.25, 0.3) is 0 Å². The monoisotopic (exact) mass is 452 g/mol. The number of ketones is 1. The van der Waals surface area contributed by atoms with Crippen molar-refractivity contribution < 1.29 is 4.79 Å². The van der Waals surface area contributed by atoms with Gasteiger partial charge in [-0.15, -0.1) is 0 Å². The summed E-state index contributed by atoms with van der Waals surface area (Å²) in [5.41, 5.74) is 5.11. The third-order valence-corrected chi connectivity index (χ3v) is 7.65. The lowest BCUT2D eigenvalue weighted by atomic mass is 9.89. The molecule has 0 bridgehead atoms. The third kappa shape index (κ3) is 6.01. The summed E-state index contributed by atoms with van der Waals surface area (Å²) in [6, 6.07) is 15.4. The van der Waals surface area contributed by atoms with Gasteiger partial charge in [0.25, 0.3) is 0 Å². The molecule has 1 fully saturated rings. The number of halogens is 1. The highest BCUT2D eigenvalue weighted by atomic mass is 35.5. The molecule has 3 nitrogen and oxygen atoms in total. The maximum Gasteiger partial charge on any atom is 0.162 e. The fraction of sp³-hybridized carbons (Fsp3) is 0.536. The van der Waals surface area contributed by atoms with Gasteiger partial charge in [-0.05, 0) is 106 Å². The van der Waals surface area contributed by atoms with Crippen molar-refractivity contribution in [3.63, 3.8) is 0 Å². The van der Waals surface area contributed by atoms with Crippen LogP contribution in [0.3, 0.4) is 0 Å². The molecule has 2 aromatic rings. The molecule has 4 heteroatoms. The van der Waals surface area contributed by atoms with Gasteiger partial charge in [0, 0.05) is 36.1 Å². The zero-order valence-electron chi connectivity index (χ0n) is 19.7. The van der Waals surface area contributed by atoms with E-state index in [1.807, 2.05) is 12.1 Å². The summed E-state index contributed by atoms with van der Waals surface area (Å²) >= 11 is 6.02. The van der Waals surface area contributed by atoms with E-state index in [0.717, 1.165) is 62.6 Å². The van der Waals surface area contributed by atoms with Gasteiger partial charge in [-0.3, -0.25) is 4.79 Å². The summed E-state index contributed by atoms with van der Waals surface area (Å²) in [5, 5.41) is 0.808. The van der Waals surface area contributed by atoms with Crippen molar-refractivity contribution in [2.45, 2.75) is 64.3 Å². The van der Waals surface area contributed by atoms with Crippen LogP contribution in [0.5, 0.6) is 0 Å². The fourth-order valence-corrected chi connectivity index (χ4v) is 5.39. The maximum atomic E-state index is 12.9. The van der Waals surface area contributed by atoms with Crippen molar-refractivity contribution in [2.24, 2.45) is 0 Å². The van der Waals surface area contributed by atoms with Gasteiger partial charge >= 0.3 is 0 Å². The van der Waals surface area contributed by atoms with Gasteiger partial charge in [0.1, 0.15) is 0 Å². The van der Waals surface area contributed by atoms with E-state index in [-0.39, 0.29) is 0 Å². The Morgan fingerprint density at radius 1 is 0.969 bits per heavy atom. The molecule has 1 saturated heterocycles. The molecule has 2 aliphatic heterocycles. The summed E-state index contributed by atoms with van der Waals surface area (Å²) < 4.78 is 0. The van der Waals surface area contributed by atoms with Gasteiger partial charge in [0.05, 0.1) is 0 Å². The topological polar surface area (TPSA) is 23.6 Å². The van der Waals surface area contributed by atoms with E-state index >= 15 is 0 Å². The number of fused-ring (bicyclic) bond motifs is 1. The molecular weight excluding hydrogens is 416 g/mol. The molecule has 4 rings (SSSR count). The number of likely N-dealkylation sites (tertiary alicyclic amines) is 1. The van der Waals surface area contributed by atoms with Gasteiger partial charge in [-0.25, -0.2) is 0 Å². The van der Waals surface area contributed by atoms with Crippen LogP contribution in [0, 0.1) is 0 Å². The largest absolute Gasteiger partial charge is 0.303 e. The second kappa shape index (κ2) is 11.0. The first-order valence-electron chi connectivity index (χ1n) is 12.4. The second-order valence-corrected chi connectivity index (χ2v) is 10.2. The van der Waals surface area contributed by atoms with Crippen molar-refractivity contribution in [1.29, 1.82) is 0 Å². The molecule has 0 atom stereocenters. The third-order valence-electron chi connectivity index (χ3n) is 7.40. The molecule has 32 heavy (non-hydrogen) atoms. The number of nitrogens with zero attached hydrogens (tertiary/aromatic N) is 2. The Morgan fingerprint density at radius 3 is 2.34 bits per heavy atom. The number of rotatable bonds is 7. The summed E-state index contributed by atoms with van der Waals surface area (Å²) in [7, 11) is 0. The van der Waals surface area contributed by atoms with Gasteiger partial charge < -0.3 is 9.80 Å². The normalized spacial score (nSPS) is 18.5. The number of hydrogen-bond acceptors (Lipinski definition) is 3. The molecule has 0 radical (unpaired) electrons. The minimum absolute atomic E-state index is 0.300. The average molecular weight is 453 g/mol. The molecule has 0 spiro atoms. The fourth-order valence-electron chi connectivity index (χ4n) is 5.26. The van der Waals surface area contributed by atoms with Crippen molar-refractivity contribution in [2.75, 3.05) is 32.7 Å². The van der Waals surface area contributed by atoms with Crippen molar-refractivity contribution >= 4 is 17.4 Å². The molecule has 0 N–H and O–H groups in total. The summed E-state index contributed by atoms with van der Waals surface area (Å²) in [5.74, 6) is 0.935. The van der Waals surface area contributed by atoms with E-state index in [2.05, 4.69) is 54.0 Å². The van der Waals surface area contributed by atoms with Crippen LogP contribution < -0.4 is 0 Å². The van der Waals surface area contributed by atoms with Crippen molar-refractivity contribution in [3.05, 3.63) is 69.7 Å². The Hall–Kier alpha value is -1.68. The minimum atomic E-state index is 0.300. The molecule has 0 unspecified atom stereocenters. The zero-order chi connectivity index (χ0) is 22.5. The molecule has 2 heterocycles. The van der Waals surface area contributed by atoms with Crippen LogP contribution in [0.2, 0.25) is 5.02 Å². The molecule has 172 valence electrons. The zero-order valence-corrected chi connectivity index (χ0v) is 20.4. The highest BCUT2D eigenvalue weighted by molar-refractivity contribution is 6.30. The Morgan fingerprint density at radius 2 is 1.66 bits per heavy atom. The lowest BCUT2D eigenvalue weighted by molar-refractivity contribution is 0.0972. The quantitative estimate of drug-likeness (QED) is 0.482. The van der Waals surface area contributed by atoms with Crippen LogP contribution >= 0.6 is 11.6 Å². The Bertz CT molecular complexity index is 900. The van der Waals surface area contributed by atoms with E-state index < -0.39 is 0 Å². The number of piperidine rings is 1. The number of carbonyl (C=O) groups is 1. The lowest BCUT2D eigenvalue weighted by Crippen LogP contribution is -2.33. The van der Waals surface area contributed by atoms with E-state index in [0.29, 0.717) is 24.2 Å². The standard InChI is InChI=1S/C28H37ClN2O/c1-21(2)31-18-13-23-5-6-26(20-25(23)14-19-31)28(32)4-3-15-30-16-11-24(12-17-30)22-7-9-27(29)10-8-22/h5-10,20-21,24H,3-4,11-19H2,1-2H3. The Labute approximate surface area is 198 Å². The number of Topliss-reactive ketones (excluding diaryl/α,β-unsaturated/α-hetero) is 1. The summed E-state index contributed by atoms with van der Waals surface area (Å²) in [6.07, 6.45) is 6.11. The number of benzene rings is 2. The lowest BCUT2D eigenvalue weighted by Gasteiger charge is -2.32. The van der Waals surface area contributed by atoms with Crippen molar-refractivity contribution in [3.8, 4) is 0 Å². The predicted molar refractivity (Wildman–Crippen MR) is 134 cm³/mol. The Balaban J connectivity index is 1.22. The van der Waals surface area contributed by atoms with Gasteiger partial charge in [0.2, 0.25) is 0 Å². The van der Waals surface area contributed by atoms with Crippen LogP contribution in [0.15, 0.2) is 42.5 Å². The van der Waals surface area contributed by atoms with Gasteiger partial charge in [-0.2, -0.15) is 0 Å². The maximum absolute atomic E-state index is 12.9. The first-order chi connectivity index (χ1) is 15.5. The first kappa shape index (κ1) is 23.5. The van der Waals surface area contributed by atoms with E-state index in [1.165, 1.54) is 29.5 Å². The van der Waals surface area contributed by atoms with E-state index in [9.17, 15) is 4.79 Å². The highest BCUT2D eigenvalue weighted by Gasteiger charge is 2.21. The van der Waals surface area contributed by atoms with Crippen LogP contribution in [-0.2, 0) is 12.8 Å². The molecule has 2 aliphatic rings. The van der Waals surface area contributed by atoms with E-state index in [4.69, 9.17) is 11.6 Å². The second-order valence-electron chi connectivity index (χ2n) is 9.81. The molecule has 0 aromatic heterocycles. The number of carbonyl (C=O) groups excluding carboxylic acids is 1. The Kier molecular flexibility index (Phi) is 8.04. The molecule has 0 aliphatic carbocycles. The number of hydrogen-bond donors (Lipinski definition) is 0. The van der Waals surface area contributed by atoms with Crippen LogP contribution in [0.1, 0.15) is 72.5 Å². The van der Waals surface area contributed by atoms with Crippen LogP contribution in [0.4, 0.5) is 0 Å². The first-order valence-corrected chi connectivity index (χ1v) is 12.7. The van der Waals surface area contributed by atoms with Gasteiger partial charge in [0.15, 0.2) is 5.78 Å². The molecule has 0 saturated carbocycles. The molecule has 0 amide bonds. The van der Waals surface area contributed by atoms with Crippen molar-refractivity contribution in [1.82, 2.24) is 9.80 Å². The predicted octanol–water partition coefficient (Wildman–Crippen LogP) is 5.99. The highest BCUT2D eigenvalue weighted by Crippen LogP contribution is 2.29. The average Bonchev–Trinajstić information content (AvgIpc) is 3.02. The summed E-state index contributed by atoms with van der Waals surface area (Å²) in [6.45, 7) is 10.0. The van der Waals surface area contributed by atoms with Gasteiger partial charge in [-0.1, -0.05) is 35.9 Å². The van der Waals surface area contributed by atoms with Crippen LogP contribution in [-0.4, -0.2) is 54.3 Å². The summed E-state index contributed by atoms with van der Waals surface area (Å²) in [4.78, 5) is 17.9. The molecular formula is C28H37ClN2O.